The van der Waals surface area contributed by atoms with Crippen molar-refractivity contribution in [3.05, 3.63) is 59.6 Å². The van der Waals surface area contributed by atoms with Gasteiger partial charge < -0.3 is 29.9 Å². The summed E-state index contributed by atoms with van der Waals surface area (Å²) in [6, 6.07) is 5.91. The van der Waals surface area contributed by atoms with Crippen LogP contribution in [0.1, 0.15) is 31.6 Å². The molecule has 0 bridgehead atoms. The lowest BCUT2D eigenvalue weighted by Crippen LogP contribution is -2.41. The predicted octanol–water partition coefficient (Wildman–Crippen LogP) is 3.60. The summed E-state index contributed by atoms with van der Waals surface area (Å²) in [6.45, 7) is 4.31. The van der Waals surface area contributed by atoms with E-state index in [0.717, 1.165) is 45.6 Å². The first-order valence-corrected chi connectivity index (χ1v) is 16.8. The number of carbonyl (C=O) groups excluding carboxylic acids is 2. The lowest BCUT2D eigenvalue weighted by molar-refractivity contribution is -0.132. The number of amides is 2. The van der Waals surface area contributed by atoms with E-state index >= 15 is 0 Å². The molecule has 0 aliphatic carbocycles. The second-order valence-corrected chi connectivity index (χ2v) is 13.6. The molecule has 1 aromatic carbocycles. The molecule has 3 aliphatic rings. The normalized spacial score (nSPS) is 20.7. The van der Waals surface area contributed by atoms with E-state index in [1.165, 1.54) is 33.6 Å². The van der Waals surface area contributed by atoms with Gasteiger partial charge in [0.25, 0.3) is 0 Å². The summed E-state index contributed by atoms with van der Waals surface area (Å²) in [5.41, 5.74) is 1.39. The van der Waals surface area contributed by atoms with Crippen molar-refractivity contribution in [3.8, 4) is 17.0 Å². The van der Waals surface area contributed by atoms with Crippen molar-refractivity contribution in [1.82, 2.24) is 39.1 Å². The molecule has 1 unspecified atom stereocenters. The SMILES string of the molecule is CC(=O)N1CCC(CN2C[C@@H]3CN(C(=O)Cn4cc(NC(O)c5cnn6cccnc56)c(-c5cc(Cl)ccc5OC(F)F)n4)C[C@@H]3C2)CC1. The molecule has 7 rings (SSSR count). The highest BCUT2D eigenvalue weighted by atomic mass is 35.5. The van der Waals surface area contributed by atoms with E-state index in [1.54, 1.807) is 31.6 Å². The molecule has 13 nitrogen and oxygen atoms in total. The molecule has 3 aromatic heterocycles. The smallest absolute Gasteiger partial charge is 0.387 e. The highest BCUT2D eigenvalue weighted by Gasteiger charge is 2.42. The minimum absolute atomic E-state index is 0.0907. The Morgan fingerprint density at radius 3 is 2.59 bits per heavy atom. The number of anilines is 1. The van der Waals surface area contributed by atoms with Gasteiger partial charge in [-0.15, -0.1) is 0 Å². The Morgan fingerprint density at radius 1 is 1.12 bits per heavy atom. The van der Waals surface area contributed by atoms with Crippen LogP contribution < -0.4 is 10.1 Å². The molecule has 3 saturated heterocycles. The maximum absolute atomic E-state index is 13.6. The maximum Gasteiger partial charge on any atom is 0.387 e. The lowest BCUT2D eigenvalue weighted by atomic mass is 9.96. The van der Waals surface area contributed by atoms with Crippen molar-refractivity contribution in [3.63, 3.8) is 0 Å². The van der Waals surface area contributed by atoms with Gasteiger partial charge in [-0.2, -0.15) is 19.0 Å². The molecule has 4 aromatic rings. The molecule has 3 aliphatic heterocycles. The number of ether oxygens (including phenoxy) is 1. The van der Waals surface area contributed by atoms with E-state index in [0.29, 0.717) is 42.1 Å². The number of aliphatic hydroxyl groups is 1. The standard InChI is InChI=1S/C33H38ClF2N9O4/c1-20(46)42-9-5-21(6-10-42)13-41-14-22-16-43(17-23(22)15-41)29(47)19-44-18-27(39-32(48)26-12-38-45-8-2-7-37-31(26)45)30(40-44)25-11-24(34)3-4-28(25)49-33(35)36/h2-4,7-8,11-12,18,21-23,32-33,39,48H,5-6,9-10,13-17,19H2,1H3/t22-,23+,32?. The van der Waals surface area contributed by atoms with Crippen LogP contribution in [0.25, 0.3) is 16.9 Å². The van der Waals surface area contributed by atoms with Gasteiger partial charge >= 0.3 is 6.61 Å². The molecule has 2 amide bonds. The highest BCUT2D eigenvalue weighted by Crippen LogP contribution is 2.38. The molecule has 16 heteroatoms. The largest absolute Gasteiger partial charge is 0.434 e. The Morgan fingerprint density at radius 2 is 1.88 bits per heavy atom. The van der Waals surface area contributed by atoms with Gasteiger partial charge in [0, 0.05) is 81.9 Å². The molecular weight excluding hydrogens is 660 g/mol. The number of halogens is 3. The molecule has 6 heterocycles. The van der Waals surface area contributed by atoms with Gasteiger partial charge in [0.05, 0.1) is 17.4 Å². The molecule has 0 radical (unpaired) electrons. The van der Waals surface area contributed by atoms with E-state index in [2.05, 4.69) is 25.4 Å². The summed E-state index contributed by atoms with van der Waals surface area (Å²) in [5, 5.41) is 23.3. The van der Waals surface area contributed by atoms with Crippen molar-refractivity contribution in [2.45, 2.75) is 39.1 Å². The Labute approximate surface area is 286 Å². The van der Waals surface area contributed by atoms with E-state index in [9.17, 15) is 23.5 Å². The zero-order valence-corrected chi connectivity index (χ0v) is 27.7. The number of rotatable bonds is 10. The van der Waals surface area contributed by atoms with Crippen molar-refractivity contribution in [2.75, 3.05) is 51.1 Å². The van der Waals surface area contributed by atoms with E-state index in [-0.39, 0.29) is 46.1 Å². The average molecular weight is 698 g/mol. The lowest BCUT2D eigenvalue weighted by Gasteiger charge is -2.33. The average Bonchev–Trinajstić information content (AvgIpc) is 3.85. The van der Waals surface area contributed by atoms with Crippen LogP contribution >= 0.6 is 11.6 Å². The van der Waals surface area contributed by atoms with E-state index < -0.39 is 12.8 Å². The van der Waals surface area contributed by atoms with Gasteiger partial charge in [-0.1, -0.05) is 11.6 Å². The number of alkyl halides is 2. The summed E-state index contributed by atoms with van der Waals surface area (Å²) < 4.78 is 34.5. The molecule has 0 saturated carbocycles. The van der Waals surface area contributed by atoms with E-state index in [4.69, 9.17) is 16.3 Å². The minimum Gasteiger partial charge on any atom is -0.434 e. The van der Waals surface area contributed by atoms with Crippen LogP contribution in [-0.2, 0) is 16.1 Å². The predicted molar refractivity (Wildman–Crippen MR) is 176 cm³/mol. The number of hydrogen-bond donors (Lipinski definition) is 2. The number of likely N-dealkylation sites (tertiary alicyclic amines) is 3. The number of nitrogens with one attached hydrogen (secondary N) is 1. The summed E-state index contributed by atoms with van der Waals surface area (Å²) >= 11 is 6.27. The van der Waals surface area contributed by atoms with Gasteiger partial charge in [-0.05, 0) is 54.9 Å². The van der Waals surface area contributed by atoms with Crippen molar-refractivity contribution in [1.29, 1.82) is 0 Å². The Balaban J connectivity index is 1.05. The van der Waals surface area contributed by atoms with Crippen LogP contribution in [0.5, 0.6) is 5.75 Å². The number of fused-ring (bicyclic) bond motifs is 2. The fraction of sp³-hybridized carbons (Fsp3) is 0.485. The van der Waals surface area contributed by atoms with Gasteiger partial charge in [0.2, 0.25) is 11.8 Å². The fourth-order valence-corrected chi connectivity index (χ4v) is 7.61. The second kappa shape index (κ2) is 13.9. The summed E-state index contributed by atoms with van der Waals surface area (Å²) in [6.07, 6.45) is 7.04. The third kappa shape index (κ3) is 7.19. The maximum atomic E-state index is 13.6. The van der Waals surface area contributed by atoms with Gasteiger partial charge in [0.1, 0.15) is 18.0 Å². The number of aromatic nitrogens is 5. The summed E-state index contributed by atoms with van der Waals surface area (Å²) in [4.78, 5) is 35.9. The van der Waals surface area contributed by atoms with Gasteiger partial charge in [-0.3, -0.25) is 14.3 Å². The van der Waals surface area contributed by atoms with Crippen LogP contribution in [0.4, 0.5) is 14.5 Å². The molecule has 0 spiro atoms. The summed E-state index contributed by atoms with van der Waals surface area (Å²) in [5.74, 6) is 1.24. The Kier molecular flexibility index (Phi) is 9.40. The zero-order chi connectivity index (χ0) is 34.2. The molecule has 260 valence electrons. The number of piperidine rings is 1. The number of benzene rings is 1. The zero-order valence-electron chi connectivity index (χ0n) is 27.0. The topological polar surface area (TPSA) is 133 Å². The van der Waals surface area contributed by atoms with Crippen LogP contribution in [0, 0.1) is 17.8 Å². The number of carbonyl (C=O) groups is 2. The number of hydrogen-bond acceptors (Lipinski definition) is 9. The third-order valence-corrected chi connectivity index (χ3v) is 10.1. The van der Waals surface area contributed by atoms with Crippen LogP contribution in [0.3, 0.4) is 0 Å². The fourth-order valence-electron chi connectivity index (χ4n) is 7.43. The molecule has 2 N–H and O–H groups in total. The van der Waals surface area contributed by atoms with Gasteiger partial charge in [-0.25, -0.2) is 9.50 Å². The monoisotopic (exact) mass is 697 g/mol. The molecule has 3 atom stereocenters. The number of aliphatic hydroxyl groups excluding tert-OH is 1. The first-order valence-electron chi connectivity index (χ1n) is 16.4. The first kappa shape index (κ1) is 33.2. The van der Waals surface area contributed by atoms with Crippen molar-refractivity contribution in [2.24, 2.45) is 17.8 Å². The van der Waals surface area contributed by atoms with Crippen LogP contribution in [0.2, 0.25) is 5.02 Å². The third-order valence-electron chi connectivity index (χ3n) is 9.86. The Hall–Kier alpha value is -4.34. The van der Waals surface area contributed by atoms with Crippen LogP contribution in [-0.4, -0.2) is 108 Å². The quantitative estimate of drug-likeness (QED) is 0.239. The highest BCUT2D eigenvalue weighted by molar-refractivity contribution is 6.31. The molecule has 3 fully saturated rings. The summed E-state index contributed by atoms with van der Waals surface area (Å²) in [7, 11) is 0. The van der Waals surface area contributed by atoms with Gasteiger partial charge in [0.15, 0.2) is 11.9 Å². The van der Waals surface area contributed by atoms with Crippen LogP contribution in [0.15, 0.2) is 49.1 Å². The molecule has 49 heavy (non-hydrogen) atoms. The molecular formula is C33H38ClF2N9O4. The first-order chi connectivity index (χ1) is 23.6. The Bertz CT molecular complexity index is 1810. The number of nitrogens with zero attached hydrogens (tertiary/aromatic N) is 8. The van der Waals surface area contributed by atoms with Crippen molar-refractivity contribution >= 4 is 34.7 Å². The van der Waals surface area contributed by atoms with Crippen molar-refractivity contribution < 1.29 is 28.2 Å². The van der Waals surface area contributed by atoms with E-state index in [1.807, 2.05) is 9.80 Å². The second-order valence-electron chi connectivity index (χ2n) is 13.1. The minimum atomic E-state index is -3.10.